The number of thiazole rings is 2. The SMILES string of the molecule is CC[C@@H](C)[C@@H]1NC(=O)c2csc(n2)[C@@H](Cc2ccccc2)NC(=O)[C@H]2N=C(O[C@@H]2C)[C@H]([C@@H](C)CC)NC(=O)c2csc(n2)[C@@H](C)NC(=O)[C@H]2N=C1O[C@@H]2C. The van der Waals surface area contributed by atoms with Crippen molar-refractivity contribution in [3.05, 3.63) is 68.1 Å². The number of hydrogen-bond donors (Lipinski definition) is 4. The fourth-order valence-electron chi connectivity index (χ4n) is 6.51. The van der Waals surface area contributed by atoms with E-state index in [0.29, 0.717) is 29.3 Å². The maximum atomic E-state index is 14.0. The molecule has 0 saturated heterocycles. The second kappa shape index (κ2) is 16.8. The Balaban J connectivity index is 1.38. The molecular formula is C38H48N8O6S2. The second-order valence-electron chi connectivity index (χ2n) is 14.3. The van der Waals surface area contributed by atoms with Crippen LogP contribution in [0, 0.1) is 11.8 Å². The summed E-state index contributed by atoms with van der Waals surface area (Å²) in [5.74, 6) is -1.18. The van der Waals surface area contributed by atoms with Crippen LogP contribution in [0.25, 0.3) is 0 Å². The van der Waals surface area contributed by atoms with Gasteiger partial charge in [0.25, 0.3) is 11.8 Å². The summed E-state index contributed by atoms with van der Waals surface area (Å²) in [5, 5.41) is 16.6. The Morgan fingerprint density at radius 3 is 1.69 bits per heavy atom. The predicted molar refractivity (Wildman–Crippen MR) is 207 cm³/mol. The van der Waals surface area contributed by atoms with Gasteiger partial charge in [-0.25, -0.2) is 20.0 Å². The average molecular weight is 777 g/mol. The van der Waals surface area contributed by atoms with Gasteiger partial charge in [-0.15, -0.1) is 22.7 Å². The summed E-state index contributed by atoms with van der Waals surface area (Å²) in [7, 11) is 0. The van der Waals surface area contributed by atoms with Crippen molar-refractivity contribution in [2.24, 2.45) is 21.8 Å². The van der Waals surface area contributed by atoms with Gasteiger partial charge >= 0.3 is 0 Å². The van der Waals surface area contributed by atoms with Gasteiger partial charge in [0.05, 0.1) is 12.1 Å². The Morgan fingerprint density at radius 2 is 1.17 bits per heavy atom. The van der Waals surface area contributed by atoms with Crippen LogP contribution in [-0.4, -0.2) is 81.8 Å². The third kappa shape index (κ3) is 8.49. The van der Waals surface area contributed by atoms with Crippen LogP contribution in [0.4, 0.5) is 0 Å². The molecule has 0 spiro atoms. The summed E-state index contributed by atoms with van der Waals surface area (Å²) in [4.78, 5) is 73.7. The normalized spacial score (nSPS) is 28.9. The highest BCUT2D eigenvalue weighted by molar-refractivity contribution is 7.10. The Hall–Kier alpha value is -4.70. The van der Waals surface area contributed by atoms with Crippen LogP contribution >= 0.6 is 22.7 Å². The number of nitrogens with zero attached hydrogens (tertiary/aromatic N) is 4. The maximum absolute atomic E-state index is 14.0. The molecule has 0 aliphatic carbocycles. The minimum absolute atomic E-state index is 0.0803. The molecule has 6 rings (SSSR count). The van der Waals surface area contributed by atoms with Crippen molar-refractivity contribution < 1.29 is 28.7 Å². The Kier molecular flexibility index (Phi) is 12.1. The summed E-state index contributed by atoms with van der Waals surface area (Å²) in [6.45, 7) is 13.3. The lowest BCUT2D eigenvalue weighted by Gasteiger charge is -2.24. The number of benzene rings is 1. The van der Waals surface area contributed by atoms with E-state index in [1.165, 1.54) is 22.7 Å². The molecule has 54 heavy (non-hydrogen) atoms. The van der Waals surface area contributed by atoms with Crippen LogP contribution in [-0.2, 0) is 25.5 Å². The van der Waals surface area contributed by atoms with Crippen LogP contribution in [0.15, 0.2) is 51.1 Å². The number of hydrogen-bond acceptors (Lipinski definition) is 12. The van der Waals surface area contributed by atoms with Crippen molar-refractivity contribution in [2.75, 3.05) is 0 Å². The minimum Gasteiger partial charge on any atom is -0.474 e. The zero-order valence-corrected chi connectivity index (χ0v) is 33.1. The lowest BCUT2D eigenvalue weighted by Crippen LogP contribution is -2.45. The van der Waals surface area contributed by atoms with E-state index in [1.54, 1.807) is 31.5 Å². The number of carbonyl (C=O) groups excluding carboxylic acids is 4. The van der Waals surface area contributed by atoms with Crippen LogP contribution in [0.3, 0.4) is 0 Å². The summed E-state index contributed by atoms with van der Waals surface area (Å²) in [5.41, 5.74) is 1.35. The van der Waals surface area contributed by atoms with Gasteiger partial charge in [0.15, 0.2) is 12.1 Å². The molecule has 5 heterocycles. The van der Waals surface area contributed by atoms with E-state index in [9.17, 15) is 19.2 Å². The van der Waals surface area contributed by atoms with E-state index in [4.69, 9.17) is 19.5 Å². The lowest BCUT2D eigenvalue weighted by atomic mass is 9.98. The molecule has 8 bridgehead atoms. The average Bonchev–Trinajstić information content (AvgIpc) is 3.98. The fraction of sp³-hybridized carbons (Fsp3) is 0.526. The molecule has 3 aliphatic heterocycles. The van der Waals surface area contributed by atoms with Gasteiger partial charge in [0.1, 0.15) is 45.7 Å². The topological polar surface area (TPSA) is 185 Å². The molecule has 0 saturated carbocycles. The Morgan fingerprint density at radius 1 is 0.685 bits per heavy atom. The molecule has 4 N–H and O–H groups in total. The summed E-state index contributed by atoms with van der Waals surface area (Å²) in [6.07, 6.45) is 0.630. The first-order chi connectivity index (χ1) is 25.9. The first-order valence-corrected chi connectivity index (χ1v) is 20.3. The van der Waals surface area contributed by atoms with E-state index in [2.05, 4.69) is 31.2 Å². The minimum atomic E-state index is -0.889. The van der Waals surface area contributed by atoms with Gasteiger partial charge in [-0.3, -0.25) is 19.2 Å². The van der Waals surface area contributed by atoms with Gasteiger partial charge in [0.2, 0.25) is 23.6 Å². The molecule has 0 radical (unpaired) electrons. The molecule has 14 nitrogen and oxygen atoms in total. The molecule has 0 unspecified atom stereocenters. The Bertz CT molecular complexity index is 1910. The molecule has 2 aromatic heterocycles. The first-order valence-electron chi connectivity index (χ1n) is 18.5. The fourth-order valence-corrected chi connectivity index (χ4v) is 8.17. The second-order valence-corrected chi connectivity index (χ2v) is 16.0. The van der Waals surface area contributed by atoms with Crippen molar-refractivity contribution in [3.63, 3.8) is 0 Å². The van der Waals surface area contributed by atoms with Gasteiger partial charge in [-0.1, -0.05) is 70.9 Å². The molecule has 3 aromatic rings. The quantitative estimate of drug-likeness (QED) is 0.281. The van der Waals surface area contributed by atoms with Crippen LogP contribution < -0.4 is 21.3 Å². The number of carbonyl (C=O) groups is 4. The molecule has 4 amide bonds. The zero-order valence-electron chi connectivity index (χ0n) is 31.5. The third-order valence-electron chi connectivity index (χ3n) is 10.2. The Labute approximate surface area is 323 Å². The largest absolute Gasteiger partial charge is 0.474 e. The smallest absolute Gasteiger partial charge is 0.271 e. The molecule has 3 aliphatic rings. The highest BCUT2D eigenvalue weighted by Gasteiger charge is 2.41. The van der Waals surface area contributed by atoms with Gasteiger partial charge < -0.3 is 30.7 Å². The highest BCUT2D eigenvalue weighted by atomic mass is 32.1. The predicted octanol–water partition coefficient (Wildman–Crippen LogP) is 4.55. The number of nitrogens with one attached hydrogen (secondary N) is 4. The van der Waals surface area contributed by atoms with Crippen molar-refractivity contribution >= 4 is 58.1 Å². The van der Waals surface area contributed by atoms with E-state index in [0.717, 1.165) is 5.56 Å². The number of rotatable bonds is 6. The third-order valence-corrected chi connectivity index (χ3v) is 12.2. The zero-order chi connectivity index (χ0) is 38.7. The molecule has 1 aromatic carbocycles. The number of fused-ring (bicyclic) bond motifs is 6. The number of aliphatic imine (C=N–C) groups is 2. The number of ether oxygens (including phenoxy) is 2. The van der Waals surface area contributed by atoms with Gasteiger partial charge in [-0.2, -0.15) is 0 Å². The van der Waals surface area contributed by atoms with Crippen LogP contribution in [0.1, 0.15) is 110 Å². The van der Waals surface area contributed by atoms with Crippen molar-refractivity contribution in [1.82, 2.24) is 31.2 Å². The molecular weight excluding hydrogens is 729 g/mol. The van der Waals surface area contributed by atoms with Crippen LogP contribution in [0.5, 0.6) is 0 Å². The van der Waals surface area contributed by atoms with E-state index in [1.807, 2.05) is 58.0 Å². The van der Waals surface area contributed by atoms with E-state index in [-0.39, 0.29) is 46.8 Å². The highest BCUT2D eigenvalue weighted by Crippen LogP contribution is 2.28. The maximum Gasteiger partial charge on any atom is 0.271 e. The summed E-state index contributed by atoms with van der Waals surface area (Å²) >= 11 is 2.53. The molecule has 0 fully saturated rings. The summed E-state index contributed by atoms with van der Waals surface area (Å²) < 4.78 is 12.3. The molecule has 16 heteroatoms. The van der Waals surface area contributed by atoms with Crippen molar-refractivity contribution in [2.45, 2.75) is 116 Å². The van der Waals surface area contributed by atoms with E-state index >= 15 is 0 Å². The molecule has 288 valence electrons. The van der Waals surface area contributed by atoms with Crippen molar-refractivity contribution in [1.29, 1.82) is 0 Å². The van der Waals surface area contributed by atoms with Gasteiger partial charge in [-0.05, 0) is 44.6 Å². The van der Waals surface area contributed by atoms with Crippen molar-refractivity contribution in [3.8, 4) is 0 Å². The first kappa shape index (κ1) is 39.0. The monoisotopic (exact) mass is 776 g/mol. The van der Waals surface area contributed by atoms with E-state index < -0.39 is 60.3 Å². The van der Waals surface area contributed by atoms with Gasteiger partial charge in [0, 0.05) is 10.8 Å². The molecule has 10 atom stereocenters. The number of aromatic nitrogens is 2. The standard InChI is InChI=1S/C38H48N8O6S2/c1-8-18(3)27-35-45-29(21(6)51-35)33(49)39-20(5)37-41-25(16-53-37)31(47)43-28(19(4)9-2)36-46-30(22(7)52-36)34(50)40-24(15-23-13-11-10-12-14-23)38-42-26(17-54-38)32(48)44-27/h10-14,16-22,24,27-30H,8-9,15H2,1-7H3,(H,39,49)(H,40,50)(H,43,47)(H,44,48)/t18-,19+,20-,21-,22-,24-,27+,28+,29+,30+/m1/s1. The number of amides is 4. The summed E-state index contributed by atoms with van der Waals surface area (Å²) in [6, 6.07) is 5.62. The van der Waals surface area contributed by atoms with Crippen LogP contribution in [0.2, 0.25) is 0 Å². The lowest BCUT2D eigenvalue weighted by molar-refractivity contribution is -0.125.